The number of anilines is 1. The number of carbonyl (C=O) groups is 2. The molecule has 0 bridgehead atoms. The Bertz CT molecular complexity index is 794. The molecular formula is C20H22ClNO5. The van der Waals surface area contributed by atoms with E-state index < -0.39 is 11.9 Å². The summed E-state index contributed by atoms with van der Waals surface area (Å²) in [4.78, 5) is 23.6. The summed E-state index contributed by atoms with van der Waals surface area (Å²) in [6.07, 6.45) is 0.642. The van der Waals surface area contributed by atoms with Gasteiger partial charge in [-0.2, -0.15) is 0 Å². The molecule has 0 fully saturated rings. The summed E-state index contributed by atoms with van der Waals surface area (Å²) in [5.74, 6) is 0.373. The molecule has 0 atom stereocenters. The summed E-state index contributed by atoms with van der Waals surface area (Å²) in [7, 11) is 1.51. The number of hydrogen-bond donors (Lipinski definition) is 1. The van der Waals surface area contributed by atoms with Crippen molar-refractivity contribution in [3.63, 3.8) is 0 Å². The van der Waals surface area contributed by atoms with E-state index in [1.165, 1.54) is 7.11 Å². The summed E-state index contributed by atoms with van der Waals surface area (Å²) in [5, 5.41) is 3.29. The number of nitrogens with one attached hydrogen (secondary N) is 1. The van der Waals surface area contributed by atoms with Crippen LogP contribution in [0.5, 0.6) is 11.5 Å². The van der Waals surface area contributed by atoms with Gasteiger partial charge in [0.05, 0.1) is 19.4 Å². The van der Waals surface area contributed by atoms with Gasteiger partial charge >= 0.3 is 5.97 Å². The van der Waals surface area contributed by atoms with Crippen molar-refractivity contribution in [3.05, 3.63) is 53.1 Å². The number of carbonyl (C=O) groups excluding carboxylic acids is 2. The van der Waals surface area contributed by atoms with Crippen molar-refractivity contribution in [2.45, 2.75) is 19.8 Å². The Morgan fingerprint density at radius 2 is 1.89 bits per heavy atom. The van der Waals surface area contributed by atoms with E-state index in [9.17, 15) is 9.59 Å². The van der Waals surface area contributed by atoms with Crippen molar-refractivity contribution in [2.24, 2.45) is 0 Å². The molecule has 1 N–H and O–H groups in total. The Labute approximate surface area is 163 Å². The fraction of sp³-hybridized carbons (Fsp3) is 0.300. The van der Waals surface area contributed by atoms with Crippen molar-refractivity contribution < 1.29 is 23.8 Å². The van der Waals surface area contributed by atoms with E-state index in [-0.39, 0.29) is 13.0 Å². The molecule has 0 unspecified atom stereocenters. The third-order valence-electron chi connectivity index (χ3n) is 3.67. The van der Waals surface area contributed by atoms with Crippen LogP contribution >= 0.6 is 11.6 Å². The highest BCUT2D eigenvalue weighted by Crippen LogP contribution is 2.23. The zero-order valence-corrected chi connectivity index (χ0v) is 16.0. The lowest BCUT2D eigenvalue weighted by Gasteiger charge is -2.10. The third kappa shape index (κ3) is 6.83. The minimum atomic E-state index is -0.457. The molecule has 0 aliphatic heterocycles. The van der Waals surface area contributed by atoms with E-state index in [1.807, 2.05) is 13.0 Å². The zero-order chi connectivity index (χ0) is 19.6. The lowest BCUT2D eigenvalue weighted by atomic mass is 10.2. The fourth-order valence-corrected chi connectivity index (χ4v) is 2.55. The Morgan fingerprint density at radius 1 is 1.11 bits per heavy atom. The molecule has 0 aliphatic carbocycles. The molecule has 0 aliphatic rings. The predicted octanol–water partition coefficient (Wildman–Crippen LogP) is 4.00. The van der Waals surface area contributed by atoms with Crippen molar-refractivity contribution in [1.82, 2.24) is 0 Å². The van der Waals surface area contributed by atoms with E-state index in [2.05, 4.69) is 5.32 Å². The Morgan fingerprint density at radius 3 is 2.63 bits per heavy atom. The van der Waals surface area contributed by atoms with Crippen LogP contribution in [0.2, 0.25) is 5.02 Å². The second kappa shape index (κ2) is 10.4. The van der Waals surface area contributed by atoms with E-state index in [0.29, 0.717) is 29.5 Å². The van der Waals surface area contributed by atoms with Gasteiger partial charge < -0.3 is 19.5 Å². The van der Waals surface area contributed by atoms with Crippen LogP contribution in [0.4, 0.5) is 5.69 Å². The maximum Gasteiger partial charge on any atom is 0.306 e. The summed E-state index contributed by atoms with van der Waals surface area (Å²) < 4.78 is 15.7. The molecule has 27 heavy (non-hydrogen) atoms. The van der Waals surface area contributed by atoms with Crippen LogP contribution in [0.15, 0.2) is 42.5 Å². The Hall–Kier alpha value is -2.73. The number of ether oxygens (including phenoxy) is 3. The van der Waals surface area contributed by atoms with Crippen LogP contribution < -0.4 is 14.8 Å². The highest BCUT2D eigenvalue weighted by Gasteiger charge is 2.10. The molecule has 0 saturated carbocycles. The van der Waals surface area contributed by atoms with E-state index in [4.69, 9.17) is 25.8 Å². The Balaban J connectivity index is 1.66. The topological polar surface area (TPSA) is 73.9 Å². The highest BCUT2D eigenvalue weighted by atomic mass is 35.5. The number of hydrogen-bond acceptors (Lipinski definition) is 5. The first-order valence-corrected chi connectivity index (χ1v) is 8.85. The minimum absolute atomic E-state index is 0.161. The maximum absolute atomic E-state index is 11.9. The molecule has 6 nitrogen and oxygen atoms in total. The summed E-state index contributed by atoms with van der Waals surface area (Å²) in [6.45, 7) is 1.91. The van der Waals surface area contributed by atoms with Crippen molar-refractivity contribution in [3.8, 4) is 11.5 Å². The van der Waals surface area contributed by atoms with Crippen molar-refractivity contribution in [1.29, 1.82) is 0 Å². The van der Waals surface area contributed by atoms with Crippen molar-refractivity contribution >= 4 is 29.2 Å². The predicted molar refractivity (Wildman–Crippen MR) is 104 cm³/mol. The third-order valence-corrected chi connectivity index (χ3v) is 3.90. The van der Waals surface area contributed by atoms with Gasteiger partial charge in [0.15, 0.2) is 6.61 Å². The molecule has 1 amide bonds. The lowest BCUT2D eigenvalue weighted by Crippen LogP contribution is -2.21. The van der Waals surface area contributed by atoms with Gasteiger partial charge in [0.1, 0.15) is 11.5 Å². The molecular weight excluding hydrogens is 370 g/mol. The number of rotatable bonds is 9. The molecule has 144 valence electrons. The van der Waals surface area contributed by atoms with Crippen LogP contribution in [0.1, 0.15) is 18.4 Å². The normalized spacial score (nSPS) is 10.2. The maximum atomic E-state index is 11.9. The average Bonchev–Trinajstić information content (AvgIpc) is 2.65. The molecule has 2 aromatic carbocycles. The molecule has 2 aromatic rings. The zero-order valence-electron chi connectivity index (χ0n) is 15.3. The molecule has 0 radical (unpaired) electrons. The summed E-state index contributed by atoms with van der Waals surface area (Å²) in [5.41, 5.74) is 1.45. The monoisotopic (exact) mass is 391 g/mol. The average molecular weight is 392 g/mol. The first-order chi connectivity index (χ1) is 13.0. The number of para-hydroxylation sites is 2. The molecule has 7 heteroatoms. The molecule has 0 spiro atoms. The SMILES string of the molecule is COc1ccccc1NC(=O)COC(=O)CCCOc1ccc(Cl)cc1C. The minimum Gasteiger partial charge on any atom is -0.495 e. The molecule has 0 saturated heterocycles. The Kier molecular flexibility index (Phi) is 7.95. The standard InChI is InChI=1S/C20H22ClNO5/c1-14-12-15(21)9-10-17(14)26-11-5-8-20(24)27-13-19(23)22-16-6-3-4-7-18(16)25-2/h3-4,6-7,9-10,12H,5,8,11,13H2,1-2H3,(H,22,23). The second-order valence-corrected chi connectivity index (χ2v) is 6.21. The van der Waals surface area contributed by atoms with Gasteiger partial charge in [-0.1, -0.05) is 23.7 Å². The van der Waals surface area contributed by atoms with Crippen LogP contribution in [0, 0.1) is 6.92 Å². The quantitative estimate of drug-likeness (QED) is 0.516. The van der Waals surface area contributed by atoms with Gasteiger partial charge in [0.25, 0.3) is 5.91 Å². The second-order valence-electron chi connectivity index (χ2n) is 5.77. The number of esters is 1. The lowest BCUT2D eigenvalue weighted by molar-refractivity contribution is -0.147. The summed E-state index contributed by atoms with van der Waals surface area (Å²) in [6, 6.07) is 12.3. The van der Waals surface area contributed by atoms with Gasteiger partial charge in [0, 0.05) is 11.4 Å². The number of halogens is 1. The number of benzene rings is 2. The van der Waals surface area contributed by atoms with Gasteiger partial charge in [-0.05, 0) is 49.2 Å². The molecule has 0 heterocycles. The van der Waals surface area contributed by atoms with E-state index in [0.717, 1.165) is 11.3 Å². The van der Waals surface area contributed by atoms with E-state index in [1.54, 1.807) is 36.4 Å². The number of aryl methyl sites for hydroxylation is 1. The summed E-state index contributed by atoms with van der Waals surface area (Å²) >= 11 is 5.89. The van der Waals surface area contributed by atoms with Crippen LogP contribution in [0.3, 0.4) is 0 Å². The van der Waals surface area contributed by atoms with Gasteiger partial charge in [-0.15, -0.1) is 0 Å². The van der Waals surface area contributed by atoms with Crippen molar-refractivity contribution in [2.75, 3.05) is 25.6 Å². The van der Waals surface area contributed by atoms with Crippen LogP contribution in [-0.4, -0.2) is 32.2 Å². The van der Waals surface area contributed by atoms with Gasteiger partial charge in [0.2, 0.25) is 0 Å². The smallest absolute Gasteiger partial charge is 0.306 e. The van der Waals surface area contributed by atoms with Gasteiger partial charge in [-0.25, -0.2) is 0 Å². The van der Waals surface area contributed by atoms with Crippen LogP contribution in [0.25, 0.3) is 0 Å². The molecule has 2 rings (SSSR count). The van der Waals surface area contributed by atoms with E-state index >= 15 is 0 Å². The fourth-order valence-electron chi connectivity index (χ4n) is 2.33. The van der Waals surface area contributed by atoms with Crippen LogP contribution in [-0.2, 0) is 14.3 Å². The molecule has 0 aromatic heterocycles. The largest absolute Gasteiger partial charge is 0.495 e. The number of amides is 1. The van der Waals surface area contributed by atoms with Gasteiger partial charge in [-0.3, -0.25) is 9.59 Å². The number of methoxy groups -OCH3 is 1. The first kappa shape index (κ1) is 20.6. The highest BCUT2D eigenvalue weighted by molar-refractivity contribution is 6.30. The first-order valence-electron chi connectivity index (χ1n) is 8.47.